The Bertz CT molecular complexity index is 941. The summed E-state index contributed by atoms with van der Waals surface area (Å²) in [7, 11) is 1.67. The van der Waals surface area contributed by atoms with Crippen LogP contribution in [-0.2, 0) is 0 Å². The number of hydrogen-bond donors (Lipinski definition) is 1. The van der Waals surface area contributed by atoms with E-state index in [2.05, 4.69) is 65.7 Å². The van der Waals surface area contributed by atoms with Crippen molar-refractivity contribution in [2.45, 2.75) is 19.9 Å². The standard InChI is InChI=1S/C20H20N4O/c1-13-4-5-16(10-14(13)2)18-11-19(24-20(23-18)21-12-22-24)15-6-8-17(25-3)9-7-15/h4-12,19H,1-3H3,(H,21,22,23)/t19-/m1/s1. The summed E-state index contributed by atoms with van der Waals surface area (Å²) in [6, 6.07) is 14.5. The van der Waals surface area contributed by atoms with Gasteiger partial charge in [-0.15, -0.1) is 0 Å². The number of benzene rings is 2. The van der Waals surface area contributed by atoms with Crippen molar-refractivity contribution in [2.75, 3.05) is 12.4 Å². The number of anilines is 1. The summed E-state index contributed by atoms with van der Waals surface area (Å²) in [5.74, 6) is 1.59. The third-order valence-electron chi connectivity index (χ3n) is 4.68. The van der Waals surface area contributed by atoms with Gasteiger partial charge in [0.2, 0.25) is 5.95 Å². The van der Waals surface area contributed by atoms with Gasteiger partial charge in [-0.1, -0.05) is 24.3 Å². The Balaban J connectivity index is 1.78. The molecule has 1 aliphatic rings. The first-order valence-electron chi connectivity index (χ1n) is 8.25. The minimum atomic E-state index is -0.0127. The second kappa shape index (κ2) is 6.09. The van der Waals surface area contributed by atoms with Crippen LogP contribution in [0.15, 0.2) is 54.9 Å². The Hall–Kier alpha value is -3.08. The fraction of sp³-hybridized carbons (Fsp3) is 0.200. The zero-order chi connectivity index (χ0) is 17.4. The molecule has 0 unspecified atom stereocenters. The molecule has 0 amide bonds. The minimum Gasteiger partial charge on any atom is -0.497 e. The second-order valence-electron chi connectivity index (χ2n) is 6.25. The number of fused-ring (bicyclic) bond motifs is 1. The first-order valence-corrected chi connectivity index (χ1v) is 8.25. The van der Waals surface area contributed by atoms with Gasteiger partial charge in [-0.25, -0.2) is 4.68 Å². The lowest BCUT2D eigenvalue weighted by Gasteiger charge is -2.24. The third-order valence-corrected chi connectivity index (χ3v) is 4.68. The Morgan fingerprint density at radius 3 is 2.56 bits per heavy atom. The lowest BCUT2D eigenvalue weighted by atomic mass is 9.99. The molecule has 2 aromatic carbocycles. The second-order valence-corrected chi connectivity index (χ2v) is 6.25. The summed E-state index contributed by atoms with van der Waals surface area (Å²) in [6.45, 7) is 4.25. The number of aryl methyl sites for hydroxylation is 2. The van der Waals surface area contributed by atoms with Crippen LogP contribution in [0, 0.1) is 13.8 Å². The smallest absolute Gasteiger partial charge is 0.226 e. The summed E-state index contributed by atoms with van der Waals surface area (Å²) in [5.41, 5.74) is 5.89. The molecule has 1 atom stereocenters. The maximum atomic E-state index is 5.26. The largest absolute Gasteiger partial charge is 0.497 e. The highest BCUT2D eigenvalue weighted by Crippen LogP contribution is 2.32. The molecule has 0 bridgehead atoms. The van der Waals surface area contributed by atoms with Crippen LogP contribution >= 0.6 is 0 Å². The van der Waals surface area contributed by atoms with E-state index in [1.54, 1.807) is 13.4 Å². The molecule has 1 N–H and O–H groups in total. The highest BCUT2D eigenvalue weighted by atomic mass is 16.5. The first kappa shape index (κ1) is 15.4. The van der Waals surface area contributed by atoms with Gasteiger partial charge in [0.1, 0.15) is 18.1 Å². The van der Waals surface area contributed by atoms with E-state index in [0.29, 0.717) is 0 Å². The van der Waals surface area contributed by atoms with Crippen LogP contribution in [0.5, 0.6) is 5.75 Å². The van der Waals surface area contributed by atoms with Crippen molar-refractivity contribution in [3.63, 3.8) is 0 Å². The molecule has 0 spiro atoms. The molecule has 5 heteroatoms. The minimum absolute atomic E-state index is 0.0127. The number of hydrogen-bond acceptors (Lipinski definition) is 4. The summed E-state index contributed by atoms with van der Waals surface area (Å²) in [6.07, 6.45) is 3.77. The van der Waals surface area contributed by atoms with E-state index in [0.717, 1.165) is 28.5 Å². The predicted octanol–water partition coefficient (Wildman–Crippen LogP) is 3.96. The number of rotatable bonds is 3. The van der Waals surface area contributed by atoms with Gasteiger partial charge in [0.15, 0.2) is 0 Å². The highest BCUT2D eigenvalue weighted by Gasteiger charge is 2.23. The van der Waals surface area contributed by atoms with Crippen molar-refractivity contribution in [3.8, 4) is 5.75 Å². The molecule has 4 rings (SSSR count). The molecule has 0 saturated heterocycles. The lowest BCUT2D eigenvalue weighted by molar-refractivity contribution is 0.414. The maximum absolute atomic E-state index is 5.26. The molecule has 1 aliphatic heterocycles. The normalized spacial score (nSPS) is 16.0. The van der Waals surface area contributed by atoms with Crippen LogP contribution in [0.2, 0.25) is 0 Å². The molecule has 5 nitrogen and oxygen atoms in total. The molecular formula is C20H20N4O. The van der Waals surface area contributed by atoms with E-state index in [-0.39, 0.29) is 6.04 Å². The molecule has 0 radical (unpaired) electrons. The van der Waals surface area contributed by atoms with Gasteiger partial charge in [-0.05, 0) is 60.4 Å². The van der Waals surface area contributed by atoms with E-state index in [4.69, 9.17) is 4.74 Å². The first-order chi connectivity index (χ1) is 12.2. The SMILES string of the molecule is COc1ccc([C@H]2C=C(c3ccc(C)c(C)c3)Nc3ncnn32)cc1. The van der Waals surface area contributed by atoms with Crippen molar-refractivity contribution in [3.05, 3.63) is 77.1 Å². The van der Waals surface area contributed by atoms with E-state index in [9.17, 15) is 0 Å². The quantitative estimate of drug-likeness (QED) is 0.789. The maximum Gasteiger partial charge on any atom is 0.226 e. The molecule has 126 valence electrons. The molecule has 1 aromatic heterocycles. The summed E-state index contributed by atoms with van der Waals surface area (Å²) >= 11 is 0. The monoisotopic (exact) mass is 332 g/mol. The lowest BCUT2D eigenvalue weighted by Crippen LogP contribution is -2.20. The van der Waals surface area contributed by atoms with E-state index >= 15 is 0 Å². The predicted molar refractivity (Wildman–Crippen MR) is 98.7 cm³/mol. The van der Waals surface area contributed by atoms with Crippen LogP contribution in [0.4, 0.5) is 5.95 Å². The molecular weight excluding hydrogens is 312 g/mol. The van der Waals surface area contributed by atoms with Gasteiger partial charge in [0, 0.05) is 5.70 Å². The fourth-order valence-corrected chi connectivity index (χ4v) is 3.05. The Kier molecular flexibility index (Phi) is 3.76. The number of nitrogens with zero attached hydrogens (tertiary/aromatic N) is 3. The molecule has 0 fully saturated rings. The van der Waals surface area contributed by atoms with Crippen LogP contribution < -0.4 is 10.1 Å². The highest BCUT2D eigenvalue weighted by molar-refractivity contribution is 5.77. The Labute approximate surface area is 147 Å². The van der Waals surface area contributed by atoms with Crippen molar-refractivity contribution < 1.29 is 4.74 Å². The average Bonchev–Trinajstić information content (AvgIpc) is 3.12. The van der Waals surface area contributed by atoms with Crippen LogP contribution in [-0.4, -0.2) is 21.9 Å². The zero-order valence-corrected chi connectivity index (χ0v) is 14.5. The fourth-order valence-electron chi connectivity index (χ4n) is 3.05. The number of methoxy groups -OCH3 is 1. The van der Waals surface area contributed by atoms with Gasteiger partial charge in [-0.2, -0.15) is 10.1 Å². The van der Waals surface area contributed by atoms with Crippen LogP contribution in [0.25, 0.3) is 5.70 Å². The molecule has 0 aliphatic carbocycles. The molecule has 2 heterocycles. The zero-order valence-electron chi connectivity index (χ0n) is 14.5. The van der Waals surface area contributed by atoms with Gasteiger partial charge >= 0.3 is 0 Å². The number of ether oxygens (including phenoxy) is 1. The van der Waals surface area contributed by atoms with E-state index in [1.807, 2.05) is 16.8 Å². The number of aromatic nitrogens is 3. The number of allylic oxidation sites excluding steroid dienone is 1. The van der Waals surface area contributed by atoms with Crippen molar-refractivity contribution in [1.82, 2.24) is 14.8 Å². The Morgan fingerprint density at radius 1 is 1.04 bits per heavy atom. The summed E-state index contributed by atoms with van der Waals surface area (Å²) in [5, 5.41) is 7.77. The van der Waals surface area contributed by atoms with Crippen molar-refractivity contribution in [2.24, 2.45) is 0 Å². The van der Waals surface area contributed by atoms with Crippen molar-refractivity contribution >= 4 is 11.6 Å². The molecule has 3 aromatic rings. The number of nitrogens with one attached hydrogen (secondary N) is 1. The summed E-state index contributed by atoms with van der Waals surface area (Å²) < 4.78 is 7.16. The van der Waals surface area contributed by atoms with Crippen molar-refractivity contribution in [1.29, 1.82) is 0 Å². The van der Waals surface area contributed by atoms with Gasteiger partial charge in [0.05, 0.1) is 7.11 Å². The summed E-state index contributed by atoms with van der Waals surface area (Å²) in [4.78, 5) is 4.36. The van der Waals surface area contributed by atoms with E-state index < -0.39 is 0 Å². The average molecular weight is 332 g/mol. The Morgan fingerprint density at radius 2 is 1.84 bits per heavy atom. The van der Waals surface area contributed by atoms with Crippen LogP contribution in [0.3, 0.4) is 0 Å². The van der Waals surface area contributed by atoms with Gasteiger partial charge in [-0.3, -0.25) is 0 Å². The topological polar surface area (TPSA) is 52.0 Å². The van der Waals surface area contributed by atoms with E-state index in [1.165, 1.54) is 11.1 Å². The molecule has 25 heavy (non-hydrogen) atoms. The molecule has 0 saturated carbocycles. The van der Waals surface area contributed by atoms with Gasteiger partial charge in [0.25, 0.3) is 0 Å². The van der Waals surface area contributed by atoms with Crippen LogP contribution in [0.1, 0.15) is 28.3 Å². The van der Waals surface area contributed by atoms with Gasteiger partial charge < -0.3 is 10.1 Å². The third kappa shape index (κ3) is 2.78.